The highest BCUT2D eigenvalue weighted by atomic mass is 35.5. The smallest absolute Gasteiger partial charge is 0.303 e. The lowest BCUT2D eigenvalue weighted by Gasteiger charge is -2.11. The zero-order chi connectivity index (χ0) is 25.2. The SMILES string of the molecule is O=C(O)CCc1cccc(Cc2cnc(-c3cc(Oc4c(F)cc5[nH]ccc5c4Cl)ccc3F)[nH]2)c1. The Morgan fingerprint density at radius 1 is 1.06 bits per heavy atom. The summed E-state index contributed by atoms with van der Waals surface area (Å²) in [5.74, 6) is -1.67. The van der Waals surface area contributed by atoms with E-state index in [9.17, 15) is 13.6 Å². The molecule has 9 heteroatoms. The summed E-state index contributed by atoms with van der Waals surface area (Å²) in [5.41, 5.74) is 3.34. The molecule has 2 heterocycles. The number of aromatic amines is 2. The van der Waals surface area contributed by atoms with E-state index in [-0.39, 0.29) is 28.5 Å². The van der Waals surface area contributed by atoms with Crippen molar-refractivity contribution in [1.29, 1.82) is 0 Å². The number of aromatic nitrogens is 3. The largest absolute Gasteiger partial charge is 0.481 e. The van der Waals surface area contributed by atoms with Crippen molar-refractivity contribution in [2.75, 3.05) is 0 Å². The third kappa shape index (κ3) is 4.94. The number of carbonyl (C=O) groups is 1. The molecular weight excluding hydrogens is 488 g/mol. The monoisotopic (exact) mass is 507 g/mol. The summed E-state index contributed by atoms with van der Waals surface area (Å²) in [6.45, 7) is 0. The van der Waals surface area contributed by atoms with Crippen LogP contribution in [0.15, 0.2) is 67.0 Å². The van der Waals surface area contributed by atoms with Gasteiger partial charge in [-0.05, 0) is 41.8 Å². The highest BCUT2D eigenvalue weighted by Gasteiger charge is 2.17. The Kier molecular flexibility index (Phi) is 6.43. The minimum atomic E-state index is -0.845. The molecule has 0 spiro atoms. The van der Waals surface area contributed by atoms with Crippen molar-refractivity contribution in [3.05, 3.63) is 100 Å². The number of hydrogen-bond donors (Lipinski definition) is 3. The molecule has 6 nitrogen and oxygen atoms in total. The fraction of sp³-hybridized carbons (Fsp3) is 0.111. The molecule has 0 saturated heterocycles. The predicted octanol–water partition coefficient (Wildman–Crippen LogP) is 6.89. The van der Waals surface area contributed by atoms with Crippen LogP contribution in [0.5, 0.6) is 11.5 Å². The second-order valence-corrected chi connectivity index (χ2v) is 8.71. The highest BCUT2D eigenvalue weighted by molar-refractivity contribution is 6.37. The number of carboxylic acid groups (broad SMARTS) is 1. The lowest BCUT2D eigenvalue weighted by Crippen LogP contribution is -1.98. The van der Waals surface area contributed by atoms with Gasteiger partial charge in [0.2, 0.25) is 0 Å². The first-order valence-corrected chi connectivity index (χ1v) is 11.5. The highest BCUT2D eigenvalue weighted by Crippen LogP contribution is 2.38. The third-order valence-corrected chi connectivity index (χ3v) is 6.13. The van der Waals surface area contributed by atoms with Gasteiger partial charge in [0, 0.05) is 42.4 Å². The van der Waals surface area contributed by atoms with Gasteiger partial charge in [0.05, 0.1) is 16.1 Å². The second kappa shape index (κ2) is 9.83. The molecule has 182 valence electrons. The van der Waals surface area contributed by atoms with E-state index in [0.717, 1.165) is 16.8 Å². The number of aryl methyl sites for hydroxylation is 1. The van der Waals surface area contributed by atoms with E-state index < -0.39 is 17.6 Å². The molecule has 0 fully saturated rings. The summed E-state index contributed by atoms with van der Waals surface area (Å²) in [6, 6.07) is 14.7. The van der Waals surface area contributed by atoms with Crippen molar-refractivity contribution in [3.63, 3.8) is 0 Å². The van der Waals surface area contributed by atoms with E-state index in [2.05, 4.69) is 15.0 Å². The fourth-order valence-corrected chi connectivity index (χ4v) is 4.32. The quantitative estimate of drug-likeness (QED) is 0.213. The number of rotatable bonds is 8. The number of hydrogen-bond acceptors (Lipinski definition) is 3. The Balaban J connectivity index is 1.37. The first-order valence-electron chi connectivity index (χ1n) is 11.1. The van der Waals surface area contributed by atoms with Gasteiger partial charge < -0.3 is 19.8 Å². The standard InChI is InChI=1S/C27H20ClF2N3O3/c28-25-19-8-9-31-23(19)13-22(30)26(25)36-18-5-6-21(29)20(12-18)27-32-14-17(33-27)11-16-3-1-2-15(10-16)4-7-24(34)35/h1-3,5-6,8-10,12-14,31H,4,7,11H2,(H,32,33)(H,34,35). The van der Waals surface area contributed by atoms with Crippen LogP contribution in [-0.2, 0) is 17.6 Å². The lowest BCUT2D eigenvalue weighted by atomic mass is 10.0. The van der Waals surface area contributed by atoms with Gasteiger partial charge in [-0.3, -0.25) is 4.79 Å². The van der Waals surface area contributed by atoms with Gasteiger partial charge in [0.15, 0.2) is 11.6 Å². The van der Waals surface area contributed by atoms with Crippen molar-refractivity contribution in [2.24, 2.45) is 0 Å². The van der Waals surface area contributed by atoms with Crippen molar-refractivity contribution < 1.29 is 23.4 Å². The van der Waals surface area contributed by atoms with Crippen LogP contribution in [0.2, 0.25) is 5.02 Å². The summed E-state index contributed by atoms with van der Waals surface area (Å²) < 4.78 is 35.0. The van der Waals surface area contributed by atoms with E-state index in [1.165, 1.54) is 24.3 Å². The number of imidazole rings is 1. The number of aliphatic carboxylic acids is 1. The number of carboxylic acids is 1. The van der Waals surface area contributed by atoms with E-state index >= 15 is 0 Å². The molecule has 0 bridgehead atoms. The number of nitrogens with zero attached hydrogens (tertiary/aromatic N) is 1. The number of halogens is 3. The van der Waals surface area contributed by atoms with Crippen LogP contribution in [0.3, 0.4) is 0 Å². The Morgan fingerprint density at radius 2 is 1.89 bits per heavy atom. The summed E-state index contributed by atoms with van der Waals surface area (Å²) in [6.07, 6.45) is 4.27. The van der Waals surface area contributed by atoms with Gasteiger partial charge in [0.1, 0.15) is 17.4 Å². The van der Waals surface area contributed by atoms with Crippen LogP contribution in [0.4, 0.5) is 8.78 Å². The molecule has 0 atom stereocenters. The van der Waals surface area contributed by atoms with E-state index in [0.29, 0.717) is 29.6 Å². The Hall–Kier alpha value is -4.17. The first-order chi connectivity index (χ1) is 17.4. The van der Waals surface area contributed by atoms with Crippen LogP contribution in [-0.4, -0.2) is 26.0 Å². The zero-order valence-electron chi connectivity index (χ0n) is 18.8. The molecular formula is C27H20ClF2N3O3. The molecule has 0 amide bonds. The molecule has 0 unspecified atom stereocenters. The minimum Gasteiger partial charge on any atom is -0.481 e. The first kappa shape index (κ1) is 23.6. The number of ether oxygens (including phenoxy) is 1. The van der Waals surface area contributed by atoms with E-state index in [4.69, 9.17) is 21.4 Å². The van der Waals surface area contributed by atoms with Gasteiger partial charge >= 0.3 is 5.97 Å². The second-order valence-electron chi connectivity index (χ2n) is 8.33. The van der Waals surface area contributed by atoms with E-state index in [1.54, 1.807) is 18.5 Å². The van der Waals surface area contributed by atoms with Crippen LogP contribution in [0, 0.1) is 11.6 Å². The maximum absolute atomic E-state index is 14.7. The number of nitrogens with one attached hydrogen (secondary N) is 2. The molecule has 3 aromatic carbocycles. The van der Waals surface area contributed by atoms with Crippen LogP contribution in [0.1, 0.15) is 23.2 Å². The molecule has 3 N–H and O–H groups in total. The third-order valence-electron chi connectivity index (χ3n) is 5.76. The predicted molar refractivity (Wildman–Crippen MR) is 133 cm³/mol. The molecule has 2 aromatic heterocycles. The summed E-state index contributed by atoms with van der Waals surface area (Å²) in [7, 11) is 0. The Bertz CT molecular complexity index is 1580. The van der Waals surface area contributed by atoms with Crippen molar-refractivity contribution in [1.82, 2.24) is 15.0 Å². The minimum absolute atomic E-state index is 0.0590. The molecule has 5 rings (SSSR count). The number of fused-ring (bicyclic) bond motifs is 1. The molecule has 0 aliphatic carbocycles. The van der Waals surface area contributed by atoms with Crippen LogP contribution in [0.25, 0.3) is 22.3 Å². The number of benzene rings is 3. The van der Waals surface area contributed by atoms with Gasteiger partial charge in [-0.15, -0.1) is 0 Å². The topological polar surface area (TPSA) is 91.0 Å². The normalized spacial score (nSPS) is 11.2. The van der Waals surface area contributed by atoms with E-state index in [1.807, 2.05) is 24.3 Å². The average Bonchev–Trinajstić information content (AvgIpc) is 3.51. The summed E-state index contributed by atoms with van der Waals surface area (Å²) in [4.78, 5) is 21.2. The molecule has 0 aliphatic rings. The fourth-order valence-electron chi connectivity index (χ4n) is 4.03. The zero-order valence-corrected chi connectivity index (χ0v) is 19.6. The lowest BCUT2D eigenvalue weighted by molar-refractivity contribution is -0.136. The van der Waals surface area contributed by atoms with Crippen molar-refractivity contribution >= 4 is 28.5 Å². The van der Waals surface area contributed by atoms with Gasteiger partial charge in [-0.25, -0.2) is 13.8 Å². The molecule has 36 heavy (non-hydrogen) atoms. The summed E-state index contributed by atoms with van der Waals surface area (Å²) >= 11 is 6.35. The summed E-state index contributed by atoms with van der Waals surface area (Å²) in [5, 5.41) is 9.62. The number of H-pyrrole nitrogens is 2. The van der Waals surface area contributed by atoms with Crippen LogP contribution >= 0.6 is 11.6 Å². The molecule has 0 saturated carbocycles. The van der Waals surface area contributed by atoms with Crippen molar-refractivity contribution in [2.45, 2.75) is 19.3 Å². The Morgan fingerprint density at radius 3 is 2.72 bits per heavy atom. The Labute approximate surface area is 209 Å². The molecule has 0 aliphatic heterocycles. The van der Waals surface area contributed by atoms with Gasteiger partial charge in [-0.2, -0.15) is 0 Å². The van der Waals surface area contributed by atoms with Crippen molar-refractivity contribution in [3.8, 4) is 22.9 Å². The maximum Gasteiger partial charge on any atom is 0.303 e. The average molecular weight is 508 g/mol. The molecule has 5 aromatic rings. The van der Waals surface area contributed by atoms with Gasteiger partial charge in [-0.1, -0.05) is 35.9 Å². The van der Waals surface area contributed by atoms with Gasteiger partial charge in [0.25, 0.3) is 0 Å². The maximum atomic E-state index is 14.7. The molecule has 0 radical (unpaired) electrons. The van der Waals surface area contributed by atoms with Crippen LogP contribution < -0.4 is 4.74 Å².